The highest BCUT2D eigenvalue weighted by Gasteiger charge is 2.13. The van der Waals surface area contributed by atoms with E-state index in [-0.39, 0.29) is 10.6 Å². The van der Waals surface area contributed by atoms with E-state index in [1.807, 2.05) is 36.5 Å². The van der Waals surface area contributed by atoms with Crippen LogP contribution >= 0.6 is 0 Å². The van der Waals surface area contributed by atoms with Crippen LogP contribution in [0.2, 0.25) is 0 Å². The maximum atomic E-state index is 11.0. The second-order valence-corrected chi connectivity index (χ2v) is 5.07. The minimum Gasteiger partial charge on any atom is -0.347 e. The molecule has 4 heteroatoms. The van der Waals surface area contributed by atoms with Gasteiger partial charge in [0.2, 0.25) is 0 Å². The summed E-state index contributed by atoms with van der Waals surface area (Å²) in [5.74, 6) is 0. The molecule has 106 valence electrons. The fourth-order valence-electron chi connectivity index (χ4n) is 2.66. The Morgan fingerprint density at radius 3 is 2.57 bits per heavy atom. The quantitative estimate of drug-likeness (QED) is 0.520. The van der Waals surface area contributed by atoms with E-state index < -0.39 is 0 Å². The van der Waals surface area contributed by atoms with Gasteiger partial charge in [-0.15, -0.1) is 0 Å². The van der Waals surface area contributed by atoms with Crippen LogP contribution in [0.15, 0.2) is 60.8 Å². The minimum atomic E-state index is -0.323. The molecule has 0 aliphatic rings. The first-order valence-corrected chi connectivity index (χ1v) is 7.02. The second-order valence-electron chi connectivity index (χ2n) is 5.07. The predicted octanol–water partition coefficient (Wildman–Crippen LogP) is 4.18. The Hall–Kier alpha value is -2.62. The lowest BCUT2D eigenvalue weighted by molar-refractivity contribution is -0.383. The van der Waals surface area contributed by atoms with Gasteiger partial charge in [-0.05, 0) is 30.5 Å². The van der Waals surface area contributed by atoms with Crippen molar-refractivity contribution in [3.8, 4) is 0 Å². The van der Waals surface area contributed by atoms with Crippen molar-refractivity contribution in [1.82, 2.24) is 4.57 Å². The lowest BCUT2D eigenvalue weighted by Crippen LogP contribution is -1.98. The van der Waals surface area contributed by atoms with Crippen molar-refractivity contribution < 1.29 is 4.92 Å². The van der Waals surface area contributed by atoms with Crippen LogP contribution in [0.1, 0.15) is 12.0 Å². The molecule has 1 aromatic heterocycles. The van der Waals surface area contributed by atoms with E-state index in [9.17, 15) is 10.1 Å². The van der Waals surface area contributed by atoms with Gasteiger partial charge in [-0.2, -0.15) is 0 Å². The van der Waals surface area contributed by atoms with Crippen LogP contribution in [-0.4, -0.2) is 9.49 Å². The smallest absolute Gasteiger partial charge is 0.278 e. The molecule has 0 aliphatic heterocycles. The highest BCUT2D eigenvalue weighted by Crippen LogP contribution is 2.26. The summed E-state index contributed by atoms with van der Waals surface area (Å²) < 4.78 is 2.09. The van der Waals surface area contributed by atoms with Gasteiger partial charge in [-0.1, -0.05) is 36.4 Å². The summed E-state index contributed by atoms with van der Waals surface area (Å²) in [5.41, 5.74) is 2.42. The highest BCUT2D eigenvalue weighted by molar-refractivity contribution is 5.89. The lowest BCUT2D eigenvalue weighted by atomic mass is 10.1. The van der Waals surface area contributed by atoms with Crippen molar-refractivity contribution >= 4 is 16.6 Å². The molecule has 0 saturated heterocycles. The molecule has 0 amide bonds. The summed E-state index contributed by atoms with van der Waals surface area (Å²) in [5, 5.41) is 11.7. The second kappa shape index (κ2) is 5.79. The standard InChI is InChI=1S/C17H16N2O2/c20-19(21)17-10-4-9-16-15(17)11-13-18(16)12-5-8-14-6-2-1-3-7-14/h1-4,6-7,9-11,13H,5,8,12H2. The summed E-state index contributed by atoms with van der Waals surface area (Å²) in [6.45, 7) is 0.861. The molecule has 0 unspecified atom stereocenters. The van der Waals surface area contributed by atoms with Crippen LogP contribution in [0.3, 0.4) is 0 Å². The molecule has 0 bridgehead atoms. The number of fused-ring (bicyclic) bond motifs is 1. The van der Waals surface area contributed by atoms with E-state index >= 15 is 0 Å². The van der Waals surface area contributed by atoms with E-state index in [0.29, 0.717) is 5.39 Å². The van der Waals surface area contributed by atoms with E-state index in [2.05, 4.69) is 16.7 Å². The molecular formula is C17H16N2O2. The zero-order valence-corrected chi connectivity index (χ0v) is 11.6. The van der Waals surface area contributed by atoms with Crippen molar-refractivity contribution in [2.45, 2.75) is 19.4 Å². The average Bonchev–Trinajstić information content (AvgIpc) is 2.91. The van der Waals surface area contributed by atoms with Crippen LogP contribution in [0, 0.1) is 10.1 Å². The molecule has 21 heavy (non-hydrogen) atoms. The number of hydrogen-bond donors (Lipinski definition) is 0. The third-order valence-corrected chi connectivity index (χ3v) is 3.69. The monoisotopic (exact) mass is 280 g/mol. The molecule has 3 aromatic rings. The number of benzene rings is 2. The van der Waals surface area contributed by atoms with E-state index in [1.54, 1.807) is 12.1 Å². The Balaban J connectivity index is 1.76. The first-order valence-electron chi connectivity index (χ1n) is 7.02. The van der Waals surface area contributed by atoms with Gasteiger partial charge < -0.3 is 4.57 Å². The number of nitro benzene ring substituents is 1. The Bertz CT molecular complexity index is 763. The minimum absolute atomic E-state index is 0.175. The van der Waals surface area contributed by atoms with Crippen LogP contribution in [0.25, 0.3) is 10.9 Å². The predicted molar refractivity (Wildman–Crippen MR) is 83.4 cm³/mol. The Morgan fingerprint density at radius 2 is 1.81 bits per heavy atom. The summed E-state index contributed by atoms with van der Waals surface area (Å²) in [7, 11) is 0. The third-order valence-electron chi connectivity index (χ3n) is 3.69. The molecule has 0 atom stereocenters. The number of aromatic nitrogens is 1. The van der Waals surface area contributed by atoms with Crippen LogP contribution < -0.4 is 0 Å². The molecule has 1 heterocycles. The van der Waals surface area contributed by atoms with Gasteiger partial charge in [-0.25, -0.2) is 0 Å². The number of aryl methyl sites for hydroxylation is 2. The number of nitrogens with zero attached hydrogens (tertiary/aromatic N) is 2. The molecule has 2 aromatic carbocycles. The topological polar surface area (TPSA) is 48.1 Å². The SMILES string of the molecule is O=[N+]([O-])c1cccc2c1ccn2CCCc1ccccc1. The number of rotatable bonds is 5. The molecule has 3 rings (SSSR count). The summed E-state index contributed by atoms with van der Waals surface area (Å²) in [6.07, 6.45) is 3.95. The van der Waals surface area contributed by atoms with E-state index in [1.165, 1.54) is 5.56 Å². The van der Waals surface area contributed by atoms with Crippen molar-refractivity contribution in [2.75, 3.05) is 0 Å². The molecule has 0 saturated carbocycles. The molecular weight excluding hydrogens is 264 g/mol. The van der Waals surface area contributed by atoms with Gasteiger partial charge in [0.1, 0.15) is 0 Å². The Labute approximate surface area is 122 Å². The average molecular weight is 280 g/mol. The first kappa shape index (κ1) is 13.4. The van der Waals surface area contributed by atoms with Gasteiger partial charge in [0.15, 0.2) is 0 Å². The molecule has 0 fully saturated rings. The van der Waals surface area contributed by atoms with Gasteiger partial charge in [0.05, 0.1) is 15.8 Å². The summed E-state index contributed by atoms with van der Waals surface area (Å²) in [4.78, 5) is 10.7. The highest BCUT2D eigenvalue weighted by atomic mass is 16.6. The fourth-order valence-corrected chi connectivity index (χ4v) is 2.66. The van der Waals surface area contributed by atoms with Crippen molar-refractivity contribution in [3.05, 3.63) is 76.5 Å². The van der Waals surface area contributed by atoms with Crippen LogP contribution in [0.5, 0.6) is 0 Å². The van der Waals surface area contributed by atoms with E-state index in [0.717, 1.165) is 24.9 Å². The zero-order chi connectivity index (χ0) is 14.7. The summed E-state index contributed by atoms with van der Waals surface area (Å²) in [6, 6.07) is 17.4. The number of nitro groups is 1. The fraction of sp³-hybridized carbons (Fsp3) is 0.176. The first-order chi connectivity index (χ1) is 10.3. The molecule has 0 N–H and O–H groups in total. The van der Waals surface area contributed by atoms with Crippen LogP contribution in [-0.2, 0) is 13.0 Å². The molecule has 0 aliphatic carbocycles. The Kier molecular flexibility index (Phi) is 3.69. The van der Waals surface area contributed by atoms with Gasteiger partial charge >= 0.3 is 0 Å². The molecule has 0 radical (unpaired) electrons. The molecule has 4 nitrogen and oxygen atoms in total. The van der Waals surface area contributed by atoms with E-state index in [4.69, 9.17) is 0 Å². The molecule has 0 spiro atoms. The summed E-state index contributed by atoms with van der Waals surface area (Å²) >= 11 is 0. The normalized spacial score (nSPS) is 10.9. The van der Waals surface area contributed by atoms with Gasteiger partial charge in [-0.3, -0.25) is 10.1 Å². The van der Waals surface area contributed by atoms with Crippen molar-refractivity contribution in [3.63, 3.8) is 0 Å². The maximum absolute atomic E-state index is 11.0. The van der Waals surface area contributed by atoms with Crippen LogP contribution in [0.4, 0.5) is 5.69 Å². The van der Waals surface area contributed by atoms with Gasteiger partial charge in [0.25, 0.3) is 5.69 Å². The number of hydrogen-bond acceptors (Lipinski definition) is 2. The zero-order valence-electron chi connectivity index (χ0n) is 11.6. The number of non-ortho nitro benzene ring substituents is 1. The third kappa shape index (κ3) is 2.79. The maximum Gasteiger partial charge on any atom is 0.278 e. The lowest BCUT2D eigenvalue weighted by Gasteiger charge is -2.05. The van der Waals surface area contributed by atoms with Gasteiger partial charge in [0, 0.05) is 18.8 Å². The Morgan fingerprint density at radius 1 is 1.00 bits per heavy atom. The largest absolute Gasteiger partial charge is 0.347 e. The van der Waals surface area contributed by atoms with Crippen molar-refractivity contribution in [1.29, 1.82) is 0 Å². The van der Waals surface area contributed by atoms with Crippen molar-refractivity contribution in [2.24, 2.45) is 0 Å².